The Balaban J connectivity index is 1.49. The summed E-state index contributed by atoms with van der Waals surface area (Å²) in [5.41, 5.74) is 8.26. The standard InChI is InChI=1S/C30H21F3N6OS/c1-17-10-11-22-21(24(17)38-29(40)23-15-41-26-25(23)36-16-37-27(26)34)12-13-35-28(22)39(19-7-3-2-4-8-19)20-9-5-6-18(14-20)30(31,32)33/h2-16H,1H3,(H,38,40)(H2,34,36,37). The highest BCUT2D eigenvalue weighted by molar-refractivity contribution is 7.18. The number of halogens is 3. The third kappa shape index (κ3) is 4.80. The third-order valence-electron chi connectivity index (χ3n) is 6.65. The first-order valence-corrected chi connectivity index (χ1v) is 13.3. The van der Waals surface area contributed by atoms with Gasteiger partial charge in [-0.15, -0.1) is 11.3 Å². The second-order valence-electron chi connectivity index (χ2n) is 9.25. The molecule has 1 amide bonds. The number of aryl methyl sites for hydroxylation is 1. The Morgan fingerprint density at radius 3 is 2.49 bits per heavy atom. The highest BCUT2D eigenvalue weighted by atomic mass is 32.1. The van der Waals surface area contributed by atoms with E-state index in [1.54, 1.807) is 52.9 Å². The number of para-hydroxylation sites is 1. The predicted molar refractivity (Wildman–Crippen MR) is 156 cm³/mol. The molecule has 0 spiro atoms. The van der Waals surface area contributed by atoms with Crippen LogP contribution in [0, 0.1) is 6.92 Å². The van der Waals surface area contributed by atoms with Crippen molar-refractivity contribution in [2.75, 3.05) is 16.0 Å². The molecule has 204 valence electrons. The first kappa shape index (κ1) is 26.2. The van der Waals surface area contributed by atoms with Gasteiger partial charge < -0.3 is 11.1 Å². The van der Waals surface area contributed by atoms with Gasteiger partial charge in [0.2, 0.25) is 0 Å². The monoisotopic (exact) mass is 570 g/mol. The summed E-state index contributed by atoms with van der Waals surface area (Å²) in [6.07, 6.45) is -1.63. The van der Waals surface area contributed by atoms with E-state index in [-0.39, 0.29) is 5.91 Å². The molecule has 3 aromatic heterocycles. The van der Waals surface area contributed by atoms with Gasteiger partial charge in [0, 0.05) is 33.7 Å². The summed E-state index contributed by atoms with van der Waals surface area (Å²) < 4.78 is 41.6. The summed E-state index contributed by atoms with van der Waals surface area (Å²) >= 11 is 1.28. The maximum Gasteiger partial charge on any atom is 0.416 e. The Hall–Kier alpha value is -5.03. The summed E-state index contributed by atoms with van der Waals surface area (Å²) in [5, 5.41) is 6.00. The number of nitrogens with zero attached hydrogens (tertiary/aromatic N) is 4. The first-order valence-electron chi connectivity index (χ1n) is 12.4. The van der Waals surface area contributed by atoms with Crippen LogP contribution in [0.2, 0.25) is 0 Å². The summed E-state index contributed by atoms with van der Waals surface area (Å²) in [7, 11) is 0. The van der Waals surface area contributed by atoms with E-state index >= 15 is 0 Å². The van der Waals surface area contributed by atoms with Gasteiger partial charge in [0.15, 0.2) is 0 Å². The van der Waals surface area contributed by atoms with Crippen LogP contribution < -0.4 is 16.0 Å². The number of carbonyl (C=O) groups is 1. The molecule has 11 heteroatoms. The van der Waals surface area contributed by atoms with E-state index in [0.29, 0.717) is 55.3 Å². The molecule has 3 aromatic carbocycles. The average Bonchev–Trinajstić information content (AvgIpc) is 3.41. The average molecular weight is 571 g/mol. The first-order chi connectivity index (χ1) is 19.7. The lowest BCUT2D eigenvalue weighted by Crippen LogP contribution is -2.15. The molecule has 0 radical (unpaired) electrons. The lowest BCUT2D eigenvalue weighted by molar-refractivity contribution is -0.137. The lowest BCUT2D eigenvalue weighted by Gasteiger charge is -2.26. The highest BCUT2D eigenvalue weighted by Crippen LogP contribution is 2.41. The molecule has 41 heavy (non-hydrogen) atoms. The molecule has 0 unspecified atom stereocenters. The molecular weight excluding hydrogens is 549 g/mol. The van der Waals surface area contributed by atoms with Gasteiger partial charge in [-0.1, -0.05) is 36.4 Å². The summed E-state index contributed by atoms with van der Waals surface area (Å²) in [6.45, 7) is 1.86. The number of aromatic nitrogens is 3. The largest absolute Gasteiger partial charge is 0.416 e. The number of pyridine rings is 1. The van der Waals surface area contributed by atoms with Crippen molar-refractivity contribution >= 4 is 66.9 Å². The van der Waals surface area contributed by atoms with Crippen LogP contribution in [0.15, 0.2) is 90.7 Å². The minimum atomic E-state index is -4.51. The van der Waals surface area contributed by atoms with Gasteiger partial charge in [-0.3, -0.25) is 9.69 Å². The minimum Gasteiger partial charge on any atom is -0.382 e. The molecule has 0 fully saturated rings. The van der Waals surface area contributed by atoms with Crippen molar-refractivity contribution in [3.05, 3.63) is 107 Å². The van der Waals surface area contributed by atoms with E-state index in [2.05, 4.69) is 20.3 Å². The number of amides is 1. The molecule has 0 bridgehead atoms. The number of rotatable bonds is 5. The Morgan fingerprint density at radius 2 is 1.71 bits per heavy atom. The predicted octanol–water partition coefficient (Wildman–Crippen LogP) is 7.87. The van der Waals surface area contributed by atoms with Crippen molar-refractivity contribution in [3.63, 3.8) is 0 Å². The van der Waals surface area contributed by atoms with Crippen LogP contribution in [-0.4, -0.2) is 20.9 Å². The van der Waals surface area contributed by atoms with Crippen molar-refractivity contribution in [2.45, 2.75) is 13.1 Å². The number of fused-ring (bicyclic) bond motifs is 2. The fourth-order valence-electron chi connectivity index (χ4n) is 4.70. The van der Waals surface area contributed by atoms with Crippen LogP contribution in [0.4, 0.5) is 41.9 Å². The summed E-state index contributed by atoms with van der Waals surface area (Å²) in [5.74, 6) is 0.331. The maximum absolute atomic E-state index is 13.7. The molecule has 0 saturated carbocycles. The Morgan fingerprint density at radius 1 is 0.927 bits per heavy atom. The molecule has 0 aliphatic carbocycles. The molecule has 0 aliphatic rings. The molecule has 3 heterocycles. The zero-order chi connectivity index (χ0) is 28.7. The van der Waals surface area contributed by atoms with Crippen molar-refractivity contribution < 1.29 is 18.0 Å². The SMILES string of the molecule is Cc1ccc2c(N(c3ccccc3)c3cccc(C(F)(F)F)c3)nccc2c1NC(=O)c1csc2c(N)ncnc12. The van der Waals surface area contributed by atoms with E-state index in [9.17, 15) is 18.0 Å². The normalized spacial score (nSPS) is 11.6. The smallest absolute Gasteiger partial charge is 0.382 e. The van der Waals surface area contributed by atoms with E-state index < -0.39 is 11.7 Å². The zero-order valence-corrected chi connectivity index (χ0v) is 22.3. The Labute approximate surface area is 236 Å². The van der Waals surface area contributed by atoms with Gasteiger partial charge in [0.1, 0.15) is 18.0 Å². The number of anilines is 5. The number of nitrogens with two attached hydrogens (primary N) is 1. The van der Waals surface area contributed by atoms with Crippen molar-refractivity contribution in [2.24, 2.45) is 0 Å². The van der Waals surface area contributed by atoms with Gasteiger partial charge in [-0.05, 0) is 48.9 Å². The number of thiophene rings is 1. The molecule has 6 aromatic rings. The van der Waals surface area contributed by atoms with Gasteiger partial charge in [-0.2, -0.15) is 13.2 Å². The molecule has 0 aliphatic heterocycles. The second kappa shape index (κ2) is 10.2. The van der Waals surface area contributed by atoms with Crippen molar-refractivity contribution in [1.29, 1.82) is 0 Å². The van der Waals surface area contributed by atoms with Crippen LogP contribution in [0.25, 0.3) is 21.0 Å². The fourth-order valence-corrected chi connectivity index (χ4v) is 5.60. The molecule has 0 atom stereocenters. The molecule has 6 rings (SSSR count). The number of hydrogen-bond acceptors (Lipinski definition) is 7. The number of nitrogen functional groups attached to an aromatic ring is 1. The summed E-state index contributed by atoms with van der Waals surface area (Å²) in [4.78, 5) is 28.0. The number of alkyl halides is 3. The van der Waals surface area contributed by atoms with Crippen LogP contribution >= 0.6 is 11.3 Å². The summed E-state index contributed by atoms with van der Waals surface area (Å²) in [6, 6.07) is 19.6. The van der Waals surface area contributed by atoms with Crippen LogP contribution in [0.1, 0.15) is 21.5 Å². The zero-order valence-electron chi connectivity index (χ0n) is 21.5. The molecule has 3 N–H and O–H groups in total. The van der Waals surface area contributed by atoms with Crippen LogP contribution in [0.5, 0.6) is 0 Å². The maximum atomic E-state index is 13.7. The number of benzene rings is 3. The van der Waals surface area contributed by atoms with E-state index in [4.69, 9.17) is 5.73 Å². The van der Waals surface area contributed by atoms with Crippen molar-refractivity contribution in [3.8, 4) is 0 Å². The van der Waals surface area contributed by atoms with E-state index in [1.807, 2.05) is 25.1 Å². The van der Waals surface area contributed by atoms with Crippen molar-refractivity contribution in [1.82, 2.24) is 15.0 Å². The third-order valence-corrected chi connectivity index (χ3v) is 7.65. The number of carbonyl (C=O) groups excluding carboxylic acids is 1. The lowest BCUT2D eigenvalue weighted by atomic mass is 10.0. The highest BCUT2D eigenvalue weighted by Gasteiger charge is 2.31. The van der Waals surface area contributed by atoms with E-state index in [1.165, 1.54) is 23.7 Å². The quantitative estimate of drug-likeness (QED) is 0.219. The van der Waals surface area contributed by atoms with Gasteiger partial charge in [0.05, 0.1) is 27.0 Å². The molecule has 7 nitrogen and oxygen atoms in total. The topological polar surface area (TPSA) is 97.0 Å². The Kier molecular flexibility index (Phi) is 6.50. The van der Waals surface area contributed by atoms with E-state index in [0.717, 1.165) is 17.7 Å². The molecular formula is C30H21F3N6OS. The van der Waals surface area contributed by atoms with Gasteiger partial charge in [-0.25, -0.2) is 15.0 Å². The number of nitrogens with one attached hydrogen (secondary N) is 1. The second-order valence-corrected chi connectivity index (χ2v) is 10.1. The van der Waals surface area contributed by atoms with Crippen LogP contribution in [0.3, 0.4) is 0 Å². The van der Waals surface area contributed by atoms with Crippen LogP contribution in [-0.2, 0) is 6.18 Å². The number of hydrogen-bond donors (Lipinski definition) is 2. The minimum absolute atomic E-state index is 0.291. The molecule has 0 saturated heterocycles. The van der Waals surface area contributed by atoms with Gasteiger partial charge >= 0.3 is 6.18 Å². The fraction of sp³-hybridized carbons (Fsp3) is 0.0667. The Bertz CT molecular complexity index is 1920. The van der Waals surface area contributed by atoms with Gasteiger partial charge in [0.25, 0.3) is 5.91 Å².